The van der Waals surface area contributed by atoms with Gasteiger partial charge in [0.1, 0.15) is 0 Å². The first-order valence-electron chi connectivity index (χ1n) is 12.1. The molecule has 0 saturated carbocycles. The maximum Gasteiger partial charge on any atom is 0.416 e. The molecule has 0 radical (unpaired) electrons. The van der Waals surface area contributed by atoms with Gasteiger partial charge in [0.25, 0.3) is 5.91 Å². The summed E-state index contributed by atoms with van der Waals surface area (Å²) in [4.78, 5) is 21.6. The van der Waals surface area contributed by atoms with Crippen LogP contribution in [0.4, 0.5) is 26.3 Å². The zero-order valence-electron chi connectivity index (χ0n) is 20.7. The van der Waals surface area contributed by atoms with E-state index in [0.29, 0.717) is 32.6 Å². The molecule has 1 aromatic heterocycles. The number of nitrogens with zero attached hydrogens (tertiary/aromatic N) is 5. The monoisotopic (exact) mass is 567 g/mol. The van der Waals surface area contributed by atoms with Gasteiger partial charge < -0.3 is 9.80 Å². The predicted molar refractivity (Wildman–Crippen MR) is 137 cm³/mol. The molecule has 1 saturated heterocycles. The number of rotatable bonds is 4. The van der Waals surface area contributed by atoms with Gasteiger partial charge in [-0.25, -0.2) is 0 Å². The van der Waals surface area contributed by atoms with Crippen LogP contribution in [0.5, 0.6) is 0 Å². The first kappa shape index (κ1) is 27.3. The van der Waals surface area contributed by atoms with Crippen LogP contribution in [-0.2, 0) is 23.7 Å². The molecule has 1 fully saturated rings. The smallest absolute Gasteiger partial charge is 0.348 e. The van der Waals surface area contributed by atoms with E-state index in [2.05, 4.69) is 26.8 Å². The van der Waals surface area contributed by atoms with Crippen LogP contribution >= 0.6 is 11.8 Å². The summed E-state index contributed by atoms with van der Waals surface area (Å²) in [6.07, 6.45) is -6.68. The Kier molecular flexibility index (Phi) is 7.23. The molecule has 0 atom stereocenters. The Bertz CT molecular complexity index is 1470. The third-order valence-corrected chi connectivity index (χ3v) is 7.77. The maximum absolute atomic E-state index is 13.6. The molecule has 0 spiro atoms. The normalized spacial score (nSPS) is 18.4. The van der Waals surface area contributed by atoms with Gasteiger partial charge in [-0.15, -0.1) is 0 Å². The zero-order chi connectivity index (χ0) is 27.9. The third kappa shape index (κ3) is 5.83. The van der Waals surface area contributed by atoms with Crippen LogP contribution in [-0.4, -0.2) is 63.4 Å². The highest BCUT2D eigenvalue weighted by Gasteiger charge is 2.38. The second-order valence-electron chi connectivity index (χ2n) is 9.22. The van der Waals surface area contributed by atoms with Gasteiger partial charge in [-0.05, 0) is 59.8 Å². The summed E-state index contributed by atoms with van der Waals surface area (Å²) < 4.78 is 81.0. The number of hydrogen-bond acceptors (Lipinski definition) is 5. The first-order valence-corrected chi connectivity index (χ1v) is 13.0. The average molecular weight is 568 g/mol. The van der Waals surface area contributed by atoms with E-state index in [-0.39, 0.29) is 24.1 Å². The van der Waals surface area contributed by atoms with E-state index < -0.39 is 23.5 Å². The number of thioether (sulfide) groups is 1. The van der Waals surface area contributed by atoms with E-state index in [0.717, 1.165) is 38.8 Å². The molecule has 13 heteroatoms. The largest absolute Gasteiger partial charge is 0.416 e. The number of benzene rings is 2. The lowest BCUT2D eigenvalue weighted by Gasteiger charge is -2.34. The number of carbonyl (C=O) groups is 1. The molecule has 39 heavy (non-hydrogen) atoms. The van der Waals surface area contributed by atoms with Crippen molar-refractivity contribution in [3.8, 4) is 0 Å². The molecule has 2 aliphatic rings. The minimum Gasteiger partial charge on any atom is -0.348 e. The number of likely N-dealkylation sites (N-methyl/N-ethyl adjacent to an activating group) is 1. The van der Waals surface area contributed by atoms with Gasteiger partial charge in [0.05, 0.1) is 34.3 Å². The topological polar surface area (TPSA) is 53.7 Å². The van der Waals surface area contributed by atoms with Gasteiger partial charge in [-0.3, -0.25) is 9.48 Å². The molecule has 5 rings (SSSR count). The highest BCUT2D eigenvalue weighted by molar-refractivity contribution is 8.18. The second-order valence-corrected chi connectivity index (χ2v) is 10.2. The summed E-state index contributed by atoms with van der Waals surface area (Å²) in [5, 5.41) is 5.44. The molecule has 0 aliphatic carbocycles. The van der Waals surface area contributed by atoms with E-state index in [4.69, 9.17) is 0 Å². The van der Waals surface area contributed by atoms with Gasteiger partial charge in [0, 0.05) is 31.6 Å². The molecule has 0 N–H and O–H groups in total. The van der Waals surface area contributed by atoms with E-state index in [1.54, 1.807) is 24.3 Å². The zero-order valence-corrected chi connectivity index (χ0v) is 21.5. The van der Waals surface area contributed by atoms with E-state index in [1.165, 1.54) is 22.6 Å². The predicted octanol–water partition coefficient (Wildman–Crippen LogP) is 5.73. The number of alkyl halides is 6. The van der Waals surface area contributed by atoms with Crippen molar-refractivity contribution in [2.45, 2.75) is 25.8 Å². The molecule has 3 heterocycles. The number of amides is 1. The summed E-state index contributed by atoms with van der Waals surface area (Å²) in [5.41, 5.74) is -1.86. The fourth-order valence-electron chi connectivity index (χ4n) is 4.58. The molecule has 6 nitrogen and oxygen atoms in total. The van der Waals surface area contributed by atoms with Crippen molar-refractivity contribution < 1.29 is 31.1 Å². The van der Waals surface area contributed by atoms with E-state index in [1.807, 2.05) is 0 Å². The van der Waals surface area contributed by atoms with E-state index >= 15 is 0 Å². The number of piperazine rings is 1. The van der Waals surface area contributed by atoms with Crippen molar-refractivity contribution in [1.29, 1.82) is 0 Å². The van der Waals surface area contributed by atoms with Crippen molar-refractivity contribution in [2.24, 2.45) is 4.99 Å². The minimum absolute atomic E-state index is 0.127. The van der Waals surface area contributed by atoms with Crippen molar-refractivity contribution >= 4 is 39.8 Å². The fourth-order valence-corrected chi connectivity index (χ4v) is 5.54. The molecular formula is C26H23F6N5OS. The van der Waals surface area contributed by atoms with Crippen LogP contribution in [0, 0.1) is 0 Å². The van der Waals surface area contributed by atoms with Gasteiger partial charge in [0.2, 0.25) is 0 Å². The Morgan fingerprint density at radius 3 is 2.38 bits per heavy atom. The third-order valence-electron chi connectivity index (χ3n) is 6.73. The summed E-state index contributed by atoms with van der Waals surface area (Å²) in [6, 6.07) is 6.70. The van der Waals surface area contributed by atoms with Crippen LogP contribution in [0.15, 0.2) is 52.5 Å². The summed E-state index contributed by atoms with van der Waals surface area (Å²) in [7, 11) is 0. The van der Waals surface area contributed by atoms with Crippen LogP contribution in [0.2, 0.25) is 0 Å². The van der Waals surface area contributed by atoms with Crippen LogP contribution in [0.1, 0.15) is 29.2 Å². The Labute approximate surface area is 224 Å². The van der Waals surface area contributed by atoms with Gasteiger partial charge in [0.15, 0.2) is 5.17 Å². The molecular weight excluding hydrogens is 544 g/mol. The summed E-state index contributed by atoms with van der Waals surface area (Å²) in [6.45, 7) is 6.11. The highest BCUT2D eigenvalue weighted by Crippen LogP contribution is 2.38. The van der Waals surface area contributed by atoms with Gasteiger partial charge in [-0.2, -0.15) is 36.4 Å². The molecule has 0 unspecified atom stereocenters. The van der Waals surface area contributed by atoms with Crippen LogP contribution in [0.3, 0.4) is 0 Å². The SMILES string of the molecule is CCN1CCN(C2=NC(=O)/C(=C/c3ccc4c(cnn4Cc4ccc(C(F)(F)F)cc4C(F)(F)F)c3)S2)CC1. The van der Waals surface area contributed by atoms with Gasteiger partial charge in [-0.1, -0.05) is 19.1 Å². The van der Waals surface area contributed by atoms with Crippen molar-refractivity contribution in [1.82, 2.24) is 19.6 Å². The van der Waals surface area contributed by atoms with Crippen molar-refractivity contribution in [3.05, 3.63) is 69.8 Å². The molecule has 1 amide bonds. The fraction of sp³-hybridized carbons (Fsp3) is 0.346. The Hall–Kier alpha value is -3.32. The number of aromatic nitrogens is 2. The second kappa shape index (κ2) is 10.3. The van der Waals surface area contributed by atoms with Crippen molar-refractivity contribution in [2.75, 3.05) is 32.7 Å². The Morgan fingerprint density at radius 1 is 0.974 bits per heavy atom. The molecule has 206 valence electrons. The highest BCUT2D eigenvalue weighted by atomic mass is 32.2. The lowest BCUT2D eigenvalue weighted by atomic mass is 10.0. The Balaban J connectivity index is 1.35. The maximum atomic E-state index is 13.6. The quantitative estimate of drug-likeness (QED) is 0.298. The number of fused-ring (bicyclic) bond motifs is 1. The van der Waals surface area contributed by atoms with E-state index in [9.17, 15) is 31.1 Å². The average Bonchev–Trinajstić information content (AvgIpc) is 3.45. The number of halogens is 6. The number of amidine groups is 1. The lowest BCUT2D eigenvalue weighted by Crippen LogP contribution is -2.47. The number of hydrogen-bond donors (Lipinski definition) is 0. The number of carbonyl (C=O) groups excluding carboxylic acids is 1. The summed E-state index contributed by atoms with van der Waals surface area (Å²) >= 11 is 1.31. The van der Waals surface area contributed by atoms with Crippen LogP contribution in [0.25, 0.3) is 17.0 Å². The molecule has 3 aromatic rings. The van der Waals surface area contributed by atoms with Crippen molar-refractivity contribution in [3.63, 3.8) is 0 Å². The molecule has 2 aliphatic heterocycles. The standard InChI is InChI=1S/C26H23F6N5OS/c1-2-35-7-9-36(10-8-35)24-34-23(38)22(39-24)12-16-3-6-21-18(11-16)14-33-37(21)15-17-4-5-19(25(27,28)29)13-20(17)26(30,31)32/h3-6,11-14H,2,7-10,15H2,1H3/b22-12-. The molecule has 0 bridgehead atoms. The van der Waals surface area contributed by atoms with Crippen LogP contribution < -0.4 is 0 Å². The minimum atomic E-state index is -4.96. The lowest BCUT2D eigenvalue weighted by molar-refractivity contribution is -0.143. The summed E-state index contributed by atoms with van der Waals surface area (Å²) in [5.74, 6) is -0.328. The first-order chi connectivity index (χ1) is 18.4. The van der Waals surface area contributed by atoms with Gasteiger partial charge >= 0.3 is 12.4 Å². The Morgan fingerprint density at radius 2 is 1.72 bits per heavy atom. The molecule has 2 aromatic carbocycles. The number of aliphatic imine (C=N–C) groups is 1.